The highest BCUT2D eigenvalue weighted by Crippen LogP contribution is 2.36. The van der Waals surface area contributed by atoms with E-state index in [4.69, 9.17) is 0 Å². The molecule has 2 N–H and O–H groups in total. The van der Waals surface area contributed by atoms with Crippen molar-refractivity contribution in [3.05, 3.63) is 29.8 Å². The van der Waals surface area contributed by atoms with Crippen molar-refractivity contribution in [2.45, 2.75) is 25.8 Å². The molecule has 0 saturated carbocycles. The van der Waals surface area contributed by atoms with Gasteiger partial charge in [-0.25, -0.2) is 4.79 Å². The van der Waals surface area contributed by atoms with E-state index in [9.17, 15) is 9.59 Å². The first-order chi connectivity index (χ1) is 14.1. The van der Waals surface area contributed by atoms with E-state index in [2.05, 4.69) is 32.2 Å². The molecule has 4 fully saturated rings. The molecule has 2 amide bonds. The number of urea groups is 1. The molecular formula is C22H32N4O2S. The van der Waals surface area contributed by atoms with Crippen molar-refractivity contribution < 1.29 is 9.59 Å². The molecule has 0 spiro atoms. The lowest BCUT2D eigenvalue weighted by molar-refractivity contribution is -0.00980. The minimum atomic E-state index is -0.175. The van der Waals surface area contributed by atoms with Crippen LogP contribution in [0.1, 0.15) is 30.1 Å². The van der Waals surface area contributed by atoms with Crippen molar-refractivity contribution in [3.63, 3.8) is 0 Å². The molecule has 4 atom stereocenters. The molecule has 7 heteroatoms. The Hall–Kier alpha value is -1.57. The van der Waals surface area contributed by atoms with Crippen LogP contribution in [-0.2, 0) is 0 Å². The zero-order chi connectivity index (χ0) is 20.2. The van der Waals surface area contributed by atoms with Crippen LogP contribution in [0, 0.1) is 11.8 Å². The van der Waals surface area contributed by atoms with Gasteiger partial charge in [0.05, 0.1) is 0 Å². The van der Waals surface area contributed by atoms with Gasteiger partial charge in [-0.2, -0.15) is 11.8 Å². The maximum Gasteiger partial charge on any atom is 0.319 e. The zero-order valence-electron chi connectivity index (χ0n) is 17.2. The summed E-state index contributed by atoms with van der Waals surface area (Å²) in [5.74, 6) is 4.17. The number of fused-ring (bicyclic) bond motifs is 3. The molecule has 4 unspecified atom stereocenters. The number of anilines is 1. The molecule has 0 aliphatic carbocycles. The number of benzene rings is 1. The maximum absolute atomic E-state index is 12.3. The van der Waals surface area contributed by atoms with Crippen LogP contribution in [0.5, 0.6) is 0 Å². The predicted octanol–water partition coefficient (Wildman–Crippen LogP) is 2.77. The average Bonchev–Trinajstić information content (AvgIpc) is 2.74. The molecule has 1 aromatic rings. The Balaban J connectivity index is 1.22. The molecule has 0 radical (unpaired) electrons. The van der Waals surface area contributed by atoms with Crippen LogP contribution in [0.2, 0.25) is 0 Å². The topological polar surface area (TPSA) is 64.7 Å². The van der Waals surface area contributed by atoms with Crippen molar-refractivity contribution in [3.8, 4) is 0 Å². The van der Waals surface area contributed by atoms with Crippen LogP contribution in [0.25, 0.3) is 0 Å². The van der Waals surface area contributed by atoms with Gasteiger partial charge in [0.15, 0.2) is 5.78 Å². The molecule has 0 aromatic heterocycles. The van der Waals surface area contributed by atoms with Crippen LogP contribution in [0.3, 0.4) is 0 Å². The van der Waals surface area contributed by atoms with Crippen LogP contribution >= 0.6 is 11.8 Å². The quantitative estimate of drug-likeness (QED) is 0.698. The zero-order valence-corrected chi connectivity index (χ0v) is 18.0. The molecule has 4 aliphatic heterocycles. The average molecular weight is 417 g/mol. The van der Waals surface area contributed by atoms with Gasteiger partial charge in [-0.05, 0) is 62.4 Å². The fourth-order valence-electron chi connectivity index (χ4n) is 4.96. The van der Waals surface area contributed by atoms with Crippen LogP contribution in [0.4, 0.5) is 10.5 Å². The number of thioether (sulfide) groups is 1. The normalized spacial score (nSPS) is 29.4. The summed E-state index contributed by atoms with van der Waals surface area (Å²) in [6.07, 6.45) is 2.50. The van der Waals surface area contributed by atoms with E-state index in [0.717, 1.165) is 18.4 Å². The Bertz CT molecular complexity index is 720. The van der Waals surface area contributed by atoms with E-state index in [1.807, 2.05) is 0 Å². The lowest BCUT2D eigenvalue weighted by atomic mass is 9.75. The fraction of sp³-hybridized carbons (Fsp3) is 0.636. The summed E-state index contributed by atoms with van der Waals surface area (Å²) in [6.45, 7) is 8.31. The van der Waals surface area contributed by atoms with Crippen LogP contribution in [-0.4, -0.2) is 78.4 Å². The Labute approximate surface area is 177 Å². The SMILES string of the molecule is CC(=O)c1ccc(NC(=O)NCC2CC3CCN2CC3CN2CCSCC2)cc1. The van der Waals surface area contributed by atoms with Gasteiger partial charge in [0.25, 0.3) is 0 Å². The Morgan fingerprint density at radius 1 is 1.14 bits per heavy atom. The third-order valence-corrected chi connectivity index (χ3v) is 7.60. The van der Waals surface area contributed by atoms with Crippen molar-refractivity contribution in [2.75, 3.05) is 56.1 Å². The van der Waals surface area contributed by atoms with Gasteiger partial charge < -0.3 is 15.5 Å². The number of hydrogen-bond donors (Lipinski definition) is 2. The second kappa shape index (κ2) is 9.49. The monoisotopic (exact) mass is 416 g/mol. The first kappa shape index (κ1) is 20.7. The van der Waals surface area contributed by atoms with Crippen molar-refractivity contribution in [1.82, 2.24) is 15.1 Å². The van der Waals surface area contributed by atoms with Crippen molar-refractivity contribution in [2.24, 2.45) is 11.8 Å². The molecule has 1 aromatic carbocycles. The number of amides is 2. The third-order valence-electron chi connectivity index (χ3n) is 6.66. The van der Waals surface area contributed by atoms with E-state index >= 15 is 0 Å². The molecule has 29 heavy (non-hydrogen) atoms. The van der Waals surface area contributed by atoms with Crippen LogP contribution < -0.4 is 10.6 Å². The summed E-state index contributed by atoms with van der Waals surface area (Å²) < 4.78 is 0. The minimum Gasteiger partial charge on any atom is -0.336 e. The second-order valence-electron chi connectivity index (χ2n) is 8.57. The van der Waals surface area contributed by atoms with Crippen molar-refractivity contribution in [1.29, 1.82) is 0 Å². The number of carbonyl (C=O) groups is 2. The van der Waals surface area contributed by atoms with Gasteiger partial charge in [-0.1, -0.05) is 0 Å². The number of nitrogens with one attached hydrogen (secondary N) is 2. The molecular weight excluding hydrogens is 384 g/mol. The summed E-state index contributed by atoms with van der Waals surface area (Å²) in [7, 11) is 0. The Morgan fingerprint density at radius 2 is 1.90 bits per heavy atom. The highest BCUT2D eigenvalue weighted by molar-refractivity contribution is 7.99. The van der Waals surface area contributed by atoms with Crippen LogP contribution in [0.15, 0.2) is 24.3 Å². The number of rotatable bonds is 6. The summed E-state index contributed by atoms with van der Waals surface area (Å²) in [4.78, 5) is 28.9. The molecule has 4 saturated heterocycles. The van der Waals surface area contributed by atoms with Gasteiger partial charge >= 0.3 is 6.03 Å². The van der Waals surface area contributed by atoms with E-state index in [-0.39, 0.29) is 11.8 Å². The first-order valence-electron chi connectivity index (χ1n) is 10.8. The van der Waals surface area contributed by atoms with Gasteiger partial charge in [0.2, 0.25) is 0 Å². The molecule has 5 rings (SSSR count). The highest BCUT2D eigenvalue weighted by Gasteiger charge is 2.40. The van der Waals surface area contributed by atoms with Gasteiger partial charge in [0, 0.05) is 61.5 Å². The highest BCUT2D eigenvalue weighted by atomic mass is 32.2. The Kier molecular flexibility index (Phi) is 6.77. The molecule has 2 bridgehead atoms. The predicted molar refractivity (Wildman–Crippen MR) is 119 cm³/mol. The number of ketones is 1. The van der Waals surface area contributed by atoms with E-state index in [0.29, 0.717) is 23.8 Å². The summed E-state index contributed by atoms with van der Waals surface area (Å²) in [5, 5.41) is 5.91. The lowest BCUT2D eigenvalue weighted by Gasteiger charge is -2.51. The largest absolute Gasteiger partial charge is 0.336 e. The van der Waals surface area contributed by atoms with E-state index in [1.54, 1.807) is 31.2 Å². The van der Waals surface area contributed by atoms with Gasteiger partial charge in [-0.3, -0.25) is 9.69 Å². The summed E-state index contributed by atoms with van der Waals surface area (Å²) in [6, 6.07) is 7.30. The lowest BCUT2D eigenvalue weighted by Crippen LogP contribution is -2.59. The number of nitrogens with zero attached hydrogens (tertiary/aromatic N) is 2. The molecule has 4 aliphatic rings. The number of piperidine rings is 3. The first-order valence-corrected chi connectivity index (χ1v) is 11.9. The van der Waals surface area contributed by atoms with Crippen molar-refractivity contribution >= 4 is 29.3 Å². The van der Waals surface area contributed by atoms with Gasteiger partial charge in [0.1, 0.15) is 0 Å². The minimum absolute atomic E-state index is 0.0277. The number of hydrogen-bond acceptors (Lipinski definition) is 5. The number of Topliss-reactive ketones (excluding diaryl/α,β-unsaturated/α-hetero) is 1. The maximum atomic E-state index is 12.3. The standard InChI is InChI=1S/C22H32N4O2S/c1-16(27)17-2-4-20(5-3-17)24-22(28)23-13-21-12-18-6-7-26(21)15-19(18)14-25-8-10-29-11-9-25/h2-5,18-19,21H,6-15H2,1H3,(H2,23,24,28). The summed E-state index contributed by atoms with van der Waals surface area (Å²) >= 11 is 2.07. The molecule has 4 heterocycles. The summed E-state index contributed by atoms with van der Waals surface area (Å²) in [5.41, 5.74) is 1.36. The second-order valence-corrected chi connectivity index (χ2v) is 9.80. The number of carbonyl (C=O) groups excluding carboxylic acids is 2. The molecule has 158 valence electrons. The Morgan fingerprint density at radius 3 is 2.55 bits per heavy atom. The molecule has 6 nitrogen and oxygen atoms in total. The third kappa shape index (κ3) is 5.32. The fourth-order valence-corrected chi connectivity index (χ4v) is 5.94. The smallest absolute Gasteiger partial charge is 0.319 e. The van der Waals surface area contributed by atoms with Gasteiger partial charge in [-0.15, -0.1) is 0 Å². The van der Waals surface area contributed by atoms with E-state index < -0.39 is 0 Å². The van der Waals surface area contributed by atoms with E-state index in [1.165, 1.54) is 50.5 Å².